The van der Waals surface area contributed by atoms with Crippen LogP contribution in [0.5, 0.6) is 0 Å². The zero-order valence-electron chi connectivity index (χ0n) is 23.4. The van der Waals surface area contributed by atoms with Gasteiger partial charge < -0.3 is 36.9 Å². The molecule has 1 aromatic carbocycles. The summed E-state index contributed by atoms with van der Waals surface area (Å²) in [5, 5.41) is 27.2. The summed E-state index contributed by atoms with van der Waals surface area (Å²) in [5.74, 6) is -4.90. The predicted octanol–water partition coefficient (Wildman–Crippen LogP) is 1.53. The maximum atomic E-state index is 13.3. The number of H-pyrrole nitrogens is 1. The molecule has 0 spiro atoms. The van der Waals surface area contributed by atoms with Crippen molar-refractivity contribution in [3.8, 4) is 0 Å². The van der Waals surface area contributed by atoms with Crippen LogP contribution in [-0.2, 0) is 30.4 Å². The maximum Gasteiger partial charge on any atom is 0.326 e. The molecule has 5 unspecified atom stereocenters. The molecule has 12 heteroatoms. The van der Waals surface area contributed by atoms with Crippen molar-refractivity contribution >= 4 is 40.6 Å². The van der Waals surface area contributed by atoms with Gasteiger partial charge in [0.15, 0.2) is 0 Å². The van der Waals surface area contributed by atoms with Crippen LogP contribution in [0.1, 0.15) is 58.9 Å². The van der Waals surface area contributed by atoms with Gasteiger partial charge in [0.05, 0.1) is 6.04 Å². The van der Waals surface area contributed by atoms with Crippen molar-refractivity contribution in [1.82, 2.24) is 20.9 Å². The summed E-state index contributed by atoms with van der Waals surface area (Å²) in [7, 11) is 0. The van der Waals surface area contributed by atoms with E-state index in [0.717, 1.165) is 16.5 Å². The number of para-hydroxylation sites is 1. The minimum absolute atomic E-state index is 0.0195. The highest BCUT2D eigenvalue weighted by Crippen LogP contribution is 2.19. The van der Waals surface area contributed by atoms with Gasteiger partial charge in [-0.1, -0.05) is 52.3 Å². The van der Waals surface area contributed by atoms with E-state index in [9.17, 15) is 29.1 Å². The molecule has 12 nitrogen and oxygen atoms in total. The zero-order chi connectivity index (χ0) is 30.0. The molecule has 8 N–H and O–H groups in total. The van der Waals surface area contributed by atoms with E-state index in [-0.39, 0.29) is 25.2 Å². The van der Waals surface area contributed by atoms with Crippen LogP contribution >= 0.6 is 0 Å². The molecule has 0 aliphatic heterocycles. The highest BCUT2D eigenvalue weighted by atomic mass is 16.4. The lowest BCUT2D eigenvalue weighted by Crippen LogP contribution is -2.58. The third-order valence-electron chi connectivity index (χ3n) is 6.85. The normalized spacial score (nSPS) is 15.1. The van der Waals surface area contributed by atoms with E-state index in [1.54, 1.807) is 20.0 Å². The topological polar surface area (TPSA) is 204 Å². The standard InChI is InChI=1S/C28H41N5O7/c1-5-16(4)24(28(39)40)33-26(37)21(10-11-23(34)35)31-27(38)22(12-15(2)3)32-25(36)19(29)13-17-14-30-20-9-7-6-8-18(17)20/h6-9,14-16,19,21-22,24,30H,5,10-13,29H2,1-4H3,(H,31,38)(H,32,36)(H,33,37)(H,34,35)(H,39,40). The summed E-state index contributed by atoms with van der Waals surface area (Å²) in [6.45, 7) is 7.16. The number of carboxylic acids is 2. The number of hydrogen-bond donors (Lipinski definition) is 7. The first-order valence-corrected chi connectivity index (χ1v) is 13.5. The first-order valence-electron chi connectivity index (χ1n) is 13.5. The van der Waals surface area contributed by atoms with E-state index in [1.807, 2.05) is 38.1 Å². The monoisotopic (exact) mass is 559 g/mol. The first-order chi connectivity index (χ1) is 18.8. The number of rotatable bonds is 16. The van der Waals surface area contributed by atoms with Crippen LogP contribution in [0.2, 0.25) is 0 Å². The van der Waals surface area contributed by atoms with Crippen LogP contribution in [0.3, 0.4) is 0 Å². The molecule has 220 valence electrons. The number of carbonyl (C=O) groups is 5. The Hall–Kier alpha value is -3.93. The Morgan fingerprint density at radius 3 is 2.15 bits per heavy atom. The predicted molar refractivity (Wildman–Crippen MR) is 149 cm³/mol. The molecule has 0 bridgehead atoms. The molecule has 2 aromatic rings. The number of amides is 3. The minimum Gasteiger partial charge on any atom is -0.481 e. The molecule has 40 heavy (non-hydrogen) atoms. The van der Waals surface area contributed by atoms with Crippen molar-refractivity contribution < 1.29 is 34.2 Å². The molecule has 0 saturated heterocycles. The van der Waals surface area contributed by atoms with Gasteiger partial charge >= 0.3 is 11.9 Å². The van der Waals surface area contributed by atoms with E-state index in [2.05, 4.69) is 20.9 Å². The average molecular weight is 560 g/mol. The second-order valence-electron chi connectivity index (χ2n) is 10.6. The number of aliphatic carboxylic acids is 2. The SMILES string of the molecule is CCC(C)C(NC(=O)C(CCC(=O)O)NC(=O)C(CC(C)C)NC(=O)C(N)Cc1c[nH]c2ccccc12)C(=O)O. The molecule has 3 amide bonds. The Bertz CT molecular complexity index is 1190. The van der Waals surface area contributed by atoms with Crippen LogP contribution in [0, 0.1) is 11.8 Å². The van der Waals surface area contributed by atoms with E-state index >= 15 is 0 Å². The molecule has 2 rings (SSSR count). The lowest BCUT2D eigenvalue weighted by Gasteiger charge is -2.27. The number of carbonyl (C=O) groups excluding carboxylic acids is 3. The van der Waals surface area contributed by atoms with Crippen LogP contribution in [0.4, 0.5) is 0 Å². The number of hydrogen-bond acceptors (Lipinski definition) is 6. The molecule has 0 aliphatic carbocycles. The summed E-state index contributed by atoms with van der Waals surface area (Å²) >= 11 is 0. The molecule has 5 atom stereocenters. The van der Waals surface area contributed by atoms with Crippen molar-refractivity contribution in [3.05, 3.63) is 36.0 Å². The summed E-state index contributed by atoms with van der Waals surface area (Å²) < 4.78 is 0. The summed E-state index contributed by atoms with van der Waals surface area (Å²) in [6, 6.07) is 3.06. The van der Waals surface area contributed by atoms with Crippen molar-refractivity contribution in [2.24, 2.45) is 17.6 Å². The molecular weight excluding hydrogens is 518 g/mol. The van der Waals surface area contributed by atoms with Crippen LogP contribution in [-0.4, -0.2) is 69.0 Å². The summed E-state index contributed by atoms with van der Waals surface area (Å²) in [4.78, 5) is 65.3. The summed E-state index contributed by atoms with van der Waals surface area (Å²) in [6.07, 6.45) is 2.02. The fourth-order valence-electron chi connectivity index (χ4n) is 4.36. The van der Waals surface area contributed by atoms with Gasteiger partial charge in [-0.3, -0.25) is 19.2 Å². The number of nitrogens with one attached hydrogen (secondary N) is 4. The van der Waals surface area contributed by atoms with Gasteiger partial charge in [-0.15, -0.1) is 0 Å². The van der Waals surface area contributed by atoms with Gasteiger partial charge in [-0.2, -0.15) is 0 Å². The van der Waals surface area contributed by atoms with Gasteiger partial charge in [-0.05, 0) is 42.7 Å². The molecule has 0 fully saturated rings. The number of aromatic amines is 1. The van der Waals surface area contributed by atoms with Gasteiger partial charge in [-0.25, -0.2) is 4.79 Å². The van der Waals surface area contributed by atoms with Crippen LogP contribution in [0.25, 0.3) is 10.9 Å². The Labute approximate surface area is 233 Å². The van der Waals surface area contributed by atoms with Gasteiger partial charge in [0, 0.05) is 23.5 Å². The fourth-order valence-corrected chi connectivity index (χ4v) is 4.36. The average Bonchev–Trinajstić information content (AvgIpc) is 3.30. The van der Waals surface area contributed by atoms with Crippen LogP contribution in [0.15, 0.2) is 30.5 Å². The van der Waals surface area contributed by atoms with Gasteiger partial charge in [0.25, 0.3) is 0 Å². The fraction of sp³-hybridized carbons (Fsp3) is 0.536. The number of carboxylic acid groups (broad SMARTS) is 2. The quantitative estimate of drug-likeness (QED) is 0.160. The number of nitrogens with two attached hydrogens (primary N) is 1. The van der Waals surface area contributed by atoms with Crippen molar-refractivity contribution in [2.75, 3.05) is 0 Å². The van der Waals surface area contributed by atoms with Gasteiger partial charge in [0.1, 0.15) is 18.1 Å². The van der Waals surface area contributed by atoms with Crippen molar-refractivity contribution in [2.45, 2.75) is 84.0 Å². The van der Waals surface area contributed by atoms with E-state index in [4.69, 9.17) is 10.8 Å². The maximum absolute atomic E-state index is 13.3. The van der Waals surface area contributed by atoms with Crippen molar-refractivity contribution in [1.29, 1.82) is 0 Å². The number of fused-ring (bicyclic) bond motifs is 1. The summed E-state index contributed by atoms with van der Waals surface area (Å²) in [5.41, 5.74) is 7.95. The smallest absolute Gasteiger partial charge is 0.326 e. The Balaban J connectivity index is 2.16. The van der Waals surface area contributed by atoms with Gasteiger partial charge in [0.2, 0.25) is 17.7 Å². The van der Waals surface area contributed by atoms with Crippen LogP contribution < -0.4 is 21.7 Å². The number of aromatic nitrogens is 1. The highest BCUT2D eigenvalue weighted by molar-refractivity contribution is 5.94. The highest BCUT2D eigenvalue weighted by Gasteiger charge is 2.32. The van der Waals surface area contributed by atoms with E-state index in [1.165, 1.54) is 0 Å². The molecular formula is C28H41N5O7. The van der Waals surface area contributed by atoms with E-state index < -0.39 is 66.2 Å². The molecule has 1 heterocycles. The van der Waals surface area contributed by atoms with Crippen molar-refractivity contribution in [3.63, 3.8) is 0 Å². The Morgan fingerprint density at radius 2 is 1.55 bits per heavy atom. The zero-order valence-corrected chi connectivity index (χ0v) is 23.4. The third-order valence-corrected chi connectivity index (χ3v) is 6.85. The largest absolute Gasteiger partial charge is 0.481 e. The third kappa shape index (κ3) is 9.37. The molecule has 1 aromatic heterocycles. The molecule has 0 radical (unpaired) electrons. The Kier molecular flexibility index (Phi) is 12.1. The lowest BCUT2D eigenvalue weighted by molar-refractivity contribution is -0.144. The molecule has 0 aliphatic rings. The minimum atomic E-state index is -1.32. The first kappa shape index (κ1) is 32.3. The number of benzene rings is 1. The Morgan fingerprint density at radius 1 is 0.925 bits per heavy atom. The lowest BCUT2D eigenvalue weighted by atomic mass is 9.98. The second kappa shape index (κ2) is 15.0. The molecule has 0 saturated carbocycles. The van der Waals surface area contributed by atoms with E-state index in [0.29, 0.717) is 6.42 Å². The second-order valence-corrected chi connectivity index (χ2v) is 10.6.